The van der Waals surface area contributed by atoms with Crippen LogP contribution in [0.4, 0.5) is 0 Å². The monoisotopic (exact) mass is 573 g/mol. The van der Waals surface area contributed by atoms with Crippen molar-refractivity contribution in [2.75, 3.05) is 13.2 Å². The van der Waals surface area contributed by atoms with Crippen LogP contribution in [0.5, 0.6) is 23.0 Å². The Morgan fingerprint density at radius 1 is 0.548 bits per heavy atom. The number of hydrogen-bond donors (Lipinski definition) is 0. The molecule has 0 saturated heterocycles. The molecule has 3 rings (SSSR count). The smallest absolute Gasteiger partial charge is 0.123 e. The molecular formula is C35H47N3O4. The van der Waals surface area contributed by atoms with E-state index < -0.39 is 0 Å². The van der Waals surface area contributed by atoms with E-state index in [2.05, 4.69) is 62.0 Å². The maximum absolute atomic E-state index is 8.85. The minimum absolute atomic E-state index is 0.213. The van der Waals surface area contributed by atoms with E-state index in [1.807, 2.05) is 30.3 Å². The quantitative estimate of drug-likeness (QED) is 0.0582. The van der Waals surface area contributed by atoms with Crippen LogP contribution in [0.2, 0.25) is 0 Å². The van der Waals surface area contributed by atoms with Crippen LogP contribution in [0.1, 0.15) is 93.0 Å². The number of nitrogens with zero attached hydrogens (tertiary/aromatic N) is 3. The van der Waals surface area contributed by atoms with Gasteiger partial charge in [-0.1, -0.05) is 69.6 Å². The highest BCUT2D eigenvalue weighted by Gasteiger charge is 2.08. The van der Waals surface area contributed by atoms with Crippen LogP contribution in [-0.2, 0) is 19.8 Å². The van der Waals surface area contributed by atoms with Gasteiger partial charge >= 0.3 is 0 Å². The molecule has 0 aliphatic rings. The number of aryl methyl sites for hydroxylation is 2. The summed E-state index contributed by atoms with van der Waals surface area (Å²) in [5.41, 5.74) is 14.0. The van der Waals surface area contributed by atoms with Gasteiger partial charge < -0.3 is 18.9 Å². The number of unbranched alkanes of at least 4 members (excludes halogenated alkanes) is 6. The van der Waals surface area contributed by atoms with Crippen LogP contribution in [0, 0.1) is 13.8 Å². The van der Waals surface area contributed by atoms with Crippen molar-refractivity contribution in [2.45, 2.75) is 98.8 Å². The van der Waals surface area contributed by atoms with Crippen LogP contribution in [0.3, 0.4) is 0 Å². The third kappa shape index (κ3) is 12.4. The molecule has 0 heterocycles. The fourth-order valence-corrected chi connectivity index (χ4v) is 4.76. The lowest BCUT2D eigenvalue weighted by Crippen LogP contribution is -2.02. The standard InChI is InChI=1S/C35H47N3O4/c1-5-7-9-11-13-39-32-17-27(3)15-30(21-32)25-41-34-19-29(24-37-38-36)20-35(23-34)42-26-31-16-28(4)18-33(22-31)40-14-12-10-8-6-2/h15-23H,5-14,24-26H2,1-4H3. The van der Waals surface area contributed by atoms with Crippen LogP contribution < -0.4 is 18.9 Å². The van der Waals surface area contributed by atoms with Crippen molar-refractivity contribution in [1.29, 1.82) is 0 Å². The molecule has 0 radical (unpaired) electrons. The average molecular weight is 574 g/mol. The van der Waals surface area contributed by atoms with E-state index in [1.165, 1.54) is 38.5 Å². The van der Waals surface area contributed by atoms with Gasteiger partial charge in [-0.05, 0) is 96.4 Å². The zero-order valence-electron chi connectivity index (χ0n) is 25.9. The number of hydrogen-bond acceptors (Lipinski definition) is 5. The lowest BCUT2D eigenvalue weighted by molar-refractivity contribution is 0.284. The topological polar surface area (TPSA) is 85.7 Å². The molecule has 0 atom stereocenters. The van der Waals surface area contributed by atoms with Crippen molar-refractivity contribution in [1.82, 2.24) is 0 Å². The van der Waals surface area contributed by atoms with Crippen molar-refractivity contribution in [3.05, 3.63) is 92.9 Å². The van der Waals surface area contributed by atoms with E-state index in [9.17, 15) is 0 Å². The molecule has 7 nitrogen and oxygen atoms in total. The third-order valence-corrected chi connectivity index (χ3v) is 6.82. The zero-order valence-corrected chi connectivity index (χ0v) is 25.9. The van der Waals surface area contributed by atoms with Crippen LogP contribution in [0.25, 0.3) is 10.4 Å². The second-order valence-electron chi connectivity index (χ2n) is 10.9. The highest BCUT2D eigenvalue weighted by atomic mass is 16.5. The molecule has 7 heteroatoms. The Morgan fingerprint density at radius 3 is 1.45 bits per heavy atom. The van der Waals surface area contributed by atoms with Gasteiger partial charge in [0.1, 0.15) is 36.2 Å². The Kier molecular flexibility index (Phi) is 14.5. The van der Waals surface area contributed by atoms with E-state index in [1.54, 1.807) is 0 Å². The first-order chi connectivity index (χ1) is 20.5. The predicted molar refractivity (Wildman–Crippen MR) is 170 cm³/mol. The number of ether oxygens (including phenoxy) is 4. The van der Waals surface area contributed by atoms with Crippen LogP contribution in [0.15, 0.2) is 59.7 Å². The summed E-state index contributed by atoms with van der Waals surface area (Å²) in [6.45, 7) is 11.0. The van der Waals surface area contributed by atoms with E-state index in [0.29, 0.717) is 24.7 Å². The van der Waals surface area contributed by atoms with Gasteiger partial charge in [0, 0.05) is 11.0 Å². The second kappa shape index (κ2) is 18.6. The molecule has 0 aromatic heterocycles. The maximum Gasteiger partial charge on any atom is 0.123 e. The Balaban J connectivity index is 1.65. The number of rotatable bonds is 20. The summed E-state index contributed by atoms with van der Waals surface area (Å²) in [7, 11) is 0. The molecule has 3 aromatic rings. The largest absolute Gasteiger partial charge is 0.494 e. The molecule has 0 spiro atoms. The summed E-state index contributed by atoms with van der Waals surface area (Å²) in [5.74, 6) is 3.04. The molecule has 0 unspecified atom stereocenters. The van der Waals surface area contributed by atoms with Gasteiger partial charge in [-0.15, -0.1) is 0 Å². The Morgan fingerprint density at radius 2 is 1.00 bits per heavy atom. The van der Waals surface area contributed by atoms with E-state index in [-0.39, 0.29) is 6.54 Å². The zero-order chi connectivity index (χ0) is 30.0. The molecule has 0 bridgehead atoms. The summed E-state index contributed by atoms with van der Waals surface area (Å²) < 4.78 is 24.4. The SMILES string of the molecule is CCCCCCOc1cc(C)cc(COc2cc(CN=[N+]=[N-])cc(OCc3cc(C)cc(OCCCCCC)c3)c2)c1. The first kappa shape index (κ1) is 32.7. The van der Waals surface area contributed by atoms with Crippen LogP contribution >= 0.6 is 0 Å². The fourth-order valence-electron chi connectivity index (χ4n) is 4.76. The summed E-state index contributed by atoms with van der Waals surface area (Å²) in [6, 6.07) is 18.1. The molecule has 0 fully saturated rings. The Labute approximate surface area is 251 Å². The molecule has 3 aromatic carbocycles. The molecule has 0 N–H and O–H groups in total. The molecule has 226 valence electrons. The number of azide groups is 1. The van der Waals surface area contributed by atoms with Crippen molar-refractivity contribution < 1.29 is 18.9 Å². The average Bonchev–Trinajstić information content (AvgIpc) is 2.97. The predicted octanol–water partition coefficient (Wildman–Crippen LogP) is 10.2. The molecule has 0 saturated carbocycles. The van der Waals surface area contributed by atoms with Crippen molar-refractivity contribution in [3.63, 3.8) is 0 Å². The normalized spacial score (nSPS) is 10.7. The van der Waals surface area contributed by atoms with E-state index in [0.717, 1.165) is 65.4 Å². The van der Waals surface area contributed by atoms with Crippen molar-refractivity contribution >= 4 is 0 Å². The van der Waals surface area contributed by atoms with Crippen molar-refractivity contribution in [3.8, 4) is 23.0 Å². The lowest BCUT2D eigenvalue weighted by atomic mass is 10.1. The molecule has 42 heavy (non-hydrogen) atoms. The highest BCUT2D eigenvalue weighted by molar-refractivity contribution is 5.40. The summed E-state index contributed by atoms with van der Waals surface area (Å²) >= 11 is 0. The first-order valence-electron chi connectivity index (χ1n) is 15.4. The Hall–Kier alpha value is -3.83. The first-order valence-corrected chi connectivity index (χ1v) is 15.4. The van der Waals surface area contributed by atoms with E-state index >= 15 is 0 Å². The number of benzene rings is 3. The minimum atomic E-state index is 0.213. The van der Waals surface area contributed by atoms with Crippen molar-refractivity contribution in [2.24, 2.45) is 5.11 Å². The van der Waals surface area contributed by atoms with Gasteiger partial charge in [-0.2, -0.15) is 0 Å². The van der Waals surface area contributed by atoms with Gasteiger partial charge in [0.2, 0.25) is 0 Å². The maximum atomic E-state index is 8.85. The highest BCUT2D eigenvalue weighted by Crippen LogP contribution is 2.27. The van der Waals surface area contributed by atoms with Gasteiger partial charge in [-0.25, -0.2) is 0 Å². The summed E-state index contributed by atoms with van der Waals surface area (Å²) in [6.07, 6.45) is 9.39. The third-order valence-electron chi connectivity index (χ3n) is 6.82. The lowest BCUT2D eigenvalue weighted by Gasteiger charge is -2.14. The summed E-state index contributed by atoms with van der Waals surface area (Å²) in [4.78, 5) is 2.91. The van der Waals surface area contributed by atoms with Gasteiger partial charge in [-0.3, -0.25) is 0 Å². The molecule has 0 aliphatic carbocycles. The summed E-state index contributed by atoms with van der Waals surface area (Å²) in [5, 5.41) is 3.74. The van der Waals surface area contributed by atoms with Gasteiger partial charge in [0.15, 0.2) is 0 Å². The fraction of sp³-hybridized carbons (Fsp3) is 0.486. The molecular weight excluding hydrogens is 526 g/mol. The second-order valence-corrected chi connectivity index (χ2v) is 10.9. The molecule has 0 aliphatic heterocycles. The van der Waals surface area contributed by atoms with Gasteiger partial charge in [0.05, 0.1) is 19.8 Å². The van der Waals surface area contributed by atoms with Gasteiger partial charge in [0.25, 0.3) is 0 Å². The van der Waals surface area contributed by atoms with Crippen LogP contribution in [-0.4, -0.2) is 13.2 Å². The van der Waals surface area contributed by atoms with E-state index in [4.69, 9.17) is 24.5 Å². The molecule has 0 amide bonds. The Bertz CT molecular complexity index is 1200. The minimum Gasteiger partial charge on any atom is -0.494 e.